The van der Waals surface area contributed by atoms with Gasteiger partial charge in [0, 0.05) is 6.07 Å². The van der Waals surface area contributed by atoms with E-state index in [1.165, 1.54) is 37.9 Å². The van der Waals surface area contributed by atoms with Crippen LogP contribution in [0, 0.1) is 5.82 Å². The number of rotatable bonds is 4. The lowest BCUT2D eigenvalue weighted by Crippen LogP contribution is -2.02. The Labute approximate surface area is 108 Å². The van der Waals surface area contributed by atoms with E-state index in [-0.39, 0.29) is 11.7 Å². The first kappa shape index (κ1) is 12.7. The summed E-state index contributed by atoms with van der Waals surface area (Å²) < 4.78 is 18.5. The predicted molar refractivity (Wildman–Crippen MR) is 67.5 cm³/mol. The van der Waals surface area contributed by atoms with E-state index in [0.717, 1.165) is 0 Å². The van der Waals surface area contributed by atoms with Crippen LogP contribution in [0.15, 0.2) is 35.7 Å². The molecule has 0 radical (unpaired) electrons. The number of halogens is 1. The topological polar surface area (TPSA) is 82.6 Å². The van der Waals surface area contributed by atoms with Gasteiger partial charge >= 0.3 is 0 Å². The van der Waals surface area contributed by atoms with Crippen LogP contribution < -0.4 is 10.5 Å². The number of nitrogens with zero attached hydrogens (tertiary/aromatic N) is 3. The number of aromatic nitrogens is 2. The van der Waals surface area contributed by atoms with Crippen molar-refractivity contribution in [2.24, 2.45) is 5.16 Å². The second kappa shape index (κ2) is 5.76. The summed E-state index contributed by atoms with van der Waals surface area (Å²) in [6.07, 6.45) is 2.57. The van der Waals surface area contributed by atoms with Crippen LogP contribution in [0.4, 0.5) is 10.2 Å². The zero-order valence-corrected chi connectivity index (χ0v) is 10.1. The van der Waals surface area contributed by atoms with Crippen molar-refractivity contribution in [3.63, 3.8) is 0 Å². The second-order valence-corrected chi connectivity index (χ2v) is 3.45. The van der Waals surface area contributed by atoms with E-state index in [1.54, 1.807) is 6.07 Å². The van der Waals surface area contributed by atoms with Gasteiger partial charge in [0.2, 0.25) is 5.88 Å². The number of nitrogen functional groups attached to an aromatic ring is 1. The number of anilines is 1. The van der Waals surface area contributed by atoms with Crippen molar-refractivity contribution in [2.45, 2.75) is 0 Å². The van der Waals surface area contributed by atoms with E-state index in [9.17, 15) is 4.39 Å². The molecule has 1 heterocycles. The minimum Gasteiger partial charge on any atom is -0.438 e. The molecule has 0 spiro atoms. The molecule has 0 atom stereocenters. The van der Waals surface area contributed by atoms with Crippen LogP contribution in [-0.2, 0) is 4.84 Å². The summed E-state index contributed by atoms with van der Waals surface area (Å²) in [6, 6.07) is 5.67. The van der Waals surface area contributed by atoms with Gasteiger partial charge in [-0.1, -0.05) is 11.2 Å². The van der Waals surface area contributed by atoms with Crippen molar-refractivity contribution >= 4 is 12.0 Å². The Morgan fingerprint density at radius 1 is 1.37 bits per heavy atom. The molecule has 0 aliphatic heterocycles. The van der Waals surface area contributed by atoms with Gasteiger partial charge in [-0.3, -0.25) is 0 Å². The summed E-state index contributed by atoms with van der Waals surface area (Å²) >= 11 is 0. The lowest BCUT2D eigenvalue weighted by Gasteiger charge is -2.08. The molecular formula is C12H11FN4O2. The molecule has 0 saturated carbocycles. The van der Waals surface area contributed by atoms with E-state index in [4.69, 9.17) is 10.5 Å². The Morgan fingerprint density at radius 2 is 2.21 bits per heavy atom. The highest BCUT2D eigenvalue weighted by Crippen LogP contribution is 2.24. The summed E-state index contributed by atoms with van der Waals surface area (Å²) in [5.74, 6) is 0.234. The fourth-order valence-electron chi connectivity index (χ4n) is 1.34. The Kier molecular flexibility index (Phi) is 3.87. The van der Waals surface area contributed by atoms with Gasteiger partial charge in [0.25, 0.3) is 0 Å². The van der Waals surface area contributed by atoms with E-state index < -0.39 is 5.82 Å². The fourth-order valence-corrected chi connectivity index (χ4v) is 1.34. The maximum Gasteiger partial charge on any atom is 0.233 e. The monoisotopic (exact) mass is 262 g/mol. The number of oxime groups is 1. The summed E-state index contributed by atoms with van der Waals surface area (Å²) in [6.45, 7) is 0. The van der Waals surface area contributed by atoms with Gasteiger partial charge in [0.1, 0.15) is 36.4 Å². The molecule has 2 N–H and O–H groups in total. The largest absolute Gasteiger partial charge is 0.438 e. The molecule has 0 aliphatic carbocycles. The normalized spacial score (nSPS) is 10.6. The number of benzene rings is 1. The van der Waals surface area contributed by atoms with Gasteiger partial charge in [-0.05, 0) is 12.1 Å². The third kappa shape index (κ3) is 3.15. The van der Waals surface area contributed by atoms with Crippen LogP contribution in [0.5, 0.6) is 11.6 Å². The molecule has 6 nitrogen and oxygen atoms in total. The number of nitrogens with two attached hydrogens (primary N) is 1. The van der Waals surface area contributed by atoms with Gasteiger partial charge < -0.3 is 15.3 Å². The van der Waals surface area contributed by atoms with Crippen LogP contribution in [0.25, 0.3) is 0 Å². The predicted octanol–water partition coefficient (Wildman–Crippen LogP) is 1.97. The maximum atomic E-state index is 13.1. The van der Waals surface area contributed by atoms with Crippen molar-refractivity contribution in [1.29, 1.82) is 0 Å². The van der Waals surface area contributed by atoms with Gasteiger partial charge in [-0.2, -0.15) is 0 Å². The zero-order chi connectivity index (χ0) is 13.7. The van der Waals surface area contributed by atoms with Crippen LogP contribution in [-0.4, -0.2) is 23.3 Å². The molecule has 0 bridgehead atoms. The molecule has 0 amide bonds. The van der Waals surface area contributed by atoms with Crippen LogP contribution in [0.3, 0.4) is 0 Å². The van der Waals surface area contributed by atoms with Gasteiger partial charge in [-0.25, -0.2) is 14.4 Å². The highest BCUT2D eigenvalue weighted by atomic mass is 19.1. The Morgan fingerprint density at radius 3 is 2.95 bits per heavy atom. The van der Waals surface area contributed by atoms with Crippen LogP contribution in [0.2, 0.25) is 0 Å². The van der Waals surface area contributed by atoms with E-state index in [2.05, 4.69) is 20.0 Å². The first-order valence-electron chi connectivity index (χ1n) is 5.31. The molecule has 0 fully saturated rings. The summed E-state index contributed by atoms with van der Waals surface area (Å²) in [7, 11) is 1.39. The van der Waals surface area contributed by atoms with Crippen molar-refractivity contribution in [2.75, 3.05) is 12.8 Å². The molecule has 0 saturated heterocycles. The summed E-state index contributed by atoms with van der Waals surface area (Å²) in [5, 5.41) is 3.58. The molecule has 0 unspecified atom stereocenters. The Balaban J connectivity index is 2.34. The van der Waals surface area contributed by atoms with Crippen LogP contribution in [0.1, 0.15) is 5.56 Å². The van der Waals surface area contributed by atoms with Crippen molar-refractivity contribution in [3.8, 4) is 11.6 Å². The van der Waals surface area contributed by atoms with E-state index in [0.29, 0.717) is 11.3 Å². The number of hydrogen-bond acceptors (Lipinski definition) is 6. The SMILES string of the molecule is CO/N=C/c1c(N)ncnc1Oc1cccc(F)c1. The Hall–Kier alpha value is -2.70. The molecule has 1 aromatic heterocycles. The molecule has 98 valence electrons. The van der Waals surface area contributed by atoms with Crippen LogP contribution >= 0.6 is 0 Å². The standard InChI is InChI=1S/C12H11FN4O2/c1-18-17-6-10-11(14)15-7-16-12(10)19-9-4-2-3-8(13)5-9/h2-7H,1H3,(H2,14,15,16)/b17-6+. The molecule has 19 heavy (non-hydrogen) atoms. The summed E-state index contributed by atoms with van der Waals surface area (Å²) in [4.78, 5) is 12.3. The first-order valence-corrected chi connectivity index (χ1v) is 5.31. The molecule has 2 rings (SSSR count). The molecular weight excluding hydrogens is 251 g/mol. The quantitative estimate of drug-likeness (QED) is 0.672. The number of ether oxygens (including phenoxy) is 1. The zero-order valence-electron chi connectivity index (χ0n) is 10.1. The van der Waals surface area contributed by atoms with Gasteiger partial charge in [0.15, 0.2) is 0 Å². The number of hydrogen-bond donors (Lipinski definition) is 1. The van der Waals surface area contributed by atoms with E-state index in [1.807, 2.05) is 0 Å². The average molecular weight is 262 g/mol. The minimum atomic E-state index is -0.411. The van der Waals surface area contributed by atoms with Crippen molar-refractivity contribution in [1.82, 2.24) is 9.97 Å². The lowest BCUT2D eigenvalue weighted by atomic mass is 10.3. The third-order valence-corrected chi connectivity index (χ3v) is 2.18. The molecule has 2 aromatic rings. The highest BCUT2D eigenvalue weighted by Gasteiger charge is 2.10. The minimum absolute atomic E-state index is 0.166. The maximum absolute atomic E-state index is 13.1. The summed E-state index contributed by atoms with van der Waals surface area (Å²) in [5.41, 5.74) is 6.05. The fraction of sp³-hybridized carbons (Fsp3) is 0.0833. The average Bonchev–Trinajstić information content (AvgIpc) is 2.38. The third-order valence-electron chi connectivity index (χ3n) is 2.18. The Bertz CT molecular complexity index is 604. The highest BCUT2D eigenvalue weighted by molar-refractivity contribution is 5.88. The van der Waals surface area contributed by atoms with E-state index >= 15 is 0 Å². The second-order valence-electron chi connectivity index (χ2n) is 3.45. The molecule has 1 aromatic carbocycles. The van der Waals surface area contributed by atoms with Crippen molar-refractivity contribution < 1.29 is 14.0 Å². The van der Waals surface area contributed by atoms with Gasteiger partial charge in [0.05, 0.1) is 6.21 Å². The van der Waals surface area contributed by atoms with Gasteiger partial charge in [-0.15, -0.1) is 0 Å². The molecule has 0 aliphatic rings. The first-order chi connectivity index (χ1) is 9.20. The molecule has 7 heteroatoms. The lowest BCUT2D eigenvalue weighted by molar-refractivity contribution is 0.215. The smallest absolute Gasteiger partial charge is 0.233 e. The van der Waals surface area contributed by atoms with Crippen molar-refractivity contribution in [3.05, 3.63) is 42.0 Å².